The van der Waals surface area contributed by atoms with E-state index in [2.05, 4.69) is 25.9 Å². The number of nitro groups is 2. The summed E-state index contributed by atoms with van der Waals surface area (Å²) in [6, 6.07) is 5.07. The molecule has 160 valence electrons. The minimum atomic E-state index is -0.671. The number of rotatable bonds is 9. The lowest BCUT2D eigenvalue weighted by atomic mass is 10.2. The highest BCUT2D eigenvalue weighted by Gasteiger charge is 2.17. The molecule has 0 atom stereocenters. The number of nitro benzene ring substituents is 1. The summed E-state index contributed by atoms with van der Waals surface area (Å²) in [6.45, 7) is 0.107. The fourth-order valence-corrected chi connectivity index (χ4v) is 2.35. The van der Waals surface area contributed by atoms with Crippen molar-refractivity contribution in [2.24, 2.45) is 0 Å². The van der Waals surface area contributed by atoms with Crippen LogP contribution in [0, 0.1) is 20.2 Å². The molecule has 0 bridgehead atoms. The van der Waals surface area contributed by atoms with Gasteiger partial charge in [0.15, 0.2) is 5.82 Å². The number of carbonyl (C=O) groups is 2. The third-order valence-corrected chi connectivity index (χ3v) is 3.83. The van der Waals surface area contributed by atoms with E-state index >= 15 is 0 Å². The molecule has 15 heteroatoms. The van der Waals surface area contributed by atoms with E-state index in [-0.39, 0.29) is 48.3 Å². The minimum Gasteiger partial charge on any atom is -0.350 e. The Balaban J connectivity index is 1.44. The molecule has 0 aliphatic carbocycles. The molecular weight excluding hydrogens is 416 g/mol. The molecule has 2 heterocycles. The molecule has 0 aliphatic rings. The molecule has 0 saturated heterocycles. The van der Waals surface area contributed by atoms with Crippen molar-refractivity contribution in [2.45, 2.75) is 6.54 Å². The molecule has 1 aromatic carbocycles. The summed E-state index contributed by atoms with van der Waals surface area (Å²) in [6.07, 6.45) is 2.25. The van der Waals surface area contributed by atoms with E-state index in [0.29, 0.717) is 0 Å². The van der Waals surface area contributed by atoms with E-state index in [0.717, 1.165) is 6.20 Å². The second-order valence-corrected chi connectivity index (χ2v) is 5.98. The summed E-state index contributed by atoms with van der Waals surface area (Å²) in [5.41, 5.74) is -0.0944. The van der Waals surface area contributed by atoms with Crippen molar-refractivity contribution in [3.05, 3.63) is 74.2 Å². The van der Waals surface area contributed by atoms with Crippen LogP contribution in [0.4, 0.5) is 11.4 Å². The molecule has 2 aromatic heterocycles. The average molecular weight is 430 g/mol. The third kappa shape index (κ3) is 5.43. The third-order valence-electron chi connectivity index (χ3n) is 3.83. The van der Waals surface area contributed by atoms with Gasteiger partial charge in [0.2, 0.25) is 0 Å². The van der Waals surface area contributed by atoms with Crippen LogP contribution in [0.25, 0.3) is 0 Å². The zero-order chi connectivity index (χ0) is 22.4. The van der Waals surface area contributed by atoms with E-state index < -0.39 is 21.7 Å². The predicted molar refractivity (Wildman–Crippen MR) is 100 cm³/mol. The van der Waals surface area contributed by atoms with Crippen molar-refractivity contribution in [1.82, 2.24) is 30.6 Å². The Morgan fingerprint density at radius 1 is 1.00 bits per heavy atom. The second-order valence-electron chi connectivity index (χ2n) is 5.98. The SMILES string of the molecule is O=C(NCCNC(=O)c1nc(Cn2cc([N+](=O)[O-])cn2)no1)c1ccc([N+](=O)[O-])cc1. The Kier molecular flexibility index (Phi) is 6.24. The van der Waals surface area contributed by atoms with Crippen molar-refractivity contribution in [2.75, 3.05) is 13.1 Å². The van der Waals surface area contributed by atoms with Crippen molar-refractivity contribution in [1.29, 1.82) is 0 Å². The van der Waals surface area contributed by atoms with Crippen LogP contribution in [-0.2, 0) is 6.54 Å². The molecule has 15 nitrogen and oxygen atoms in total. The highest BCUT2D eigenvalue weighted by molar-refractivity contribution is 5.94. The average Bonchev–Trinajstić information content (AvgIpc) is 3.41. The van der Waals surface area contributed by atoms with Gasteiger partial charge < -0.3 is 15.2 Å². The Bertz CT molecular complexity index is 1120. The lowest BCUT2D eigenvalue weighted by molar-refractivity contribution is -0.385. The number of hydrogen-bond acceptors (Lipinski definition) is 10. The number of nitrogens with zero attached hydrogens (tertiary/aromatic N) is 6. The highest BCUT2D eigenvalue weighted by atomic mass is 16.6. The molecule has 0 unspecified atom stereocenters. The molecule has 0 aliphatic heterocycles. The quantitative estimate of drug-likeness (QED) is 0.270. The minimum absolute atomic E-state index is 0.0318. The number of amides is 2. The largest absolute Gasteiger partial charge is 0.350 e. The van der Waals surface area contributed by atoms with Gasteiger partial charge in [-0.05, 0) is 12.1 Å². The predicted octanol–water partition coefficient (Wildman–Crippen LogP) is 0.291. The van der Waals surface area contributed by atoms with Gasteiger partial charge in [0.1, 0.15) is 18.9 Å². The van der Waals surface area contributed by atoms with Gasteiger partial charge in [0.05, 0.1) is 9.85 Å². The van der Waals surface area contributed by atoms with Gasteiger partial charge in [0, 0.05) is 30.8 Å². The Morgan fingerprint density at radius 2 is 1.65 bits per heavy atom. The molecular formula is C16H14N8O7. The Morgan fingerprint density at radius 3 is 2.26 bits per heavy atom. The van der Waals surface area contributed by atoms with Crippen LogP contribution in [-0.4, -0.2) is 54.7 Å². The van der Waals surface area contributed by atoms with Gasteiger partial charge in [-0.15, -0.1) is 0 Å². The van der Waals surface area contributed by atoms with Gasteiger partial charge in [0.25, 0.3) is 11.6 Å². The van der Waals surface area contributed by atoms with Gasteiger partial charge >= 0.3 is 17.5 Å². The molecule has 2 amide bonds. The topological polar surface area (TPSA) is 201 Å². The summed E-state index contributed by atoms with van der Waals surface area (Å²) in [4.78, 5) is 48.0. The van der Waals surface area contributed by atoms with Crippen LogP contribution in [0.15, 0.2) is 41.2 Å². The first kappa shape index (κ1) is 21.0. The number of aromatic nitrogens is 4. The van der Waals surface area contributed by atoms with Gasteiger partial charge in [-0.1, -0.05) is 5.16 Å². The van der Waals surface area contributed by atoms with Crippen LogP contribution < -0.4 is 10.6 Å². The number of hydrogen-bond donors (Lipinski definition) is 2. The van der Waals surface area contributed by atoms with E-state index in [1.54, 1.807) is 0 Å². The molecule has 0 fully saturated rings. The lowest BCUT2D eigenvalue weighted by Gasteiger charge is -2.05. The zero-order valence-electron chi connectivity index (χ0n) is 15.6. The molecule has 0 spiro atoms. The van der Waals surface area contributed by atoms with E-state index in [9.17, 15) is 29.8 Å². The fourth-order valence-electron chi connectivity index (χ4n) is 2.35. The fraction of sp³-hybridized carbons (Fsp3) is 0.188. The number of carbonyl (C=O) groups excluding carboxylic acids is 2. The van der Waals surface area contributed by atoms with E-state index in [1.807, 2.05) is 0 Å². The number of nitrogens with one attached hydrogen (secondary N) is 2. The van der Waals surface area contributed by atoms with Crippen LogP contribution in [0.5, 0.6) is 0 Å². The van der Waals surface area contributed by atoms with E-state index in [4.69, 9.17) is 4.52 Å². The maximum Gasteiger partial charge on any atom is 0.316 e. The maximum atomic E-state index is 12.0. The van der Waals surface area contributed by atoms with Gasteiger partial charge in [-0.25, -0.2) is 0 Å². The smallest absolute Gasteiger partial charge is 0.316 e. The van der Waals surface area contributed by atoms with Crippen LogP contribution >= 0.6 is 0 Å². The van der Waals surface area contributed by atoms with Crippen molar-refractivity contribution in [3.63, 3.8) is 0 Å². The van der Waals surface area contributed by atoms with Crippen molar-refractivity contribution >= 4 is 23.2 Å². The molecule has 2 N–H and O–H groups in total. The van der Waals surface area contributed by atoms with Crippen LogP contribution in [0.2, 0.25) is 0 Å². The highest BCUT2D eigenvalue weighted by Crippen LogP contribution is 2.12. The van der Waals surface area contributed by atoms with E-state index in [1.165, 1.54) is 35.1 Å². The first-order valence-electron chi connectivity index (χ1n) is 8.64. The van der Waals surface area contributed by atoms with Crippen LogP contribution in [0.1, 0.15) is 26.9 Å². The summed E-state index contributed by atoms with van der Waals surface area (Å²) in [5.74, 6) is -1.36. The molecule has 3 rings (SSSR count). The first-order valence-corrected chi connectivity index (χ1v) is 8.64. The zero-order valence-corrected chi connectivity index (χ0v) is 15.6. The van der Waals surface area contributed by atoms with Crippen LogP contribution in [0.3, 0.4) is 0 Å². The lowest BCUT2D eigenvalue weighted by Crippen LogP contribution is -2.34. The summed E-state index contributed by atoms with van der Waals surface area (Å²) >= 11 is 0. The second kappa shape index (κ2) is 9.21. The normalized spacial score (nSPS) is 10.5. The number of non-ortho nitro benzene ring substituents is 1. The maximum absolute atomic E-state index is 12.0. The first-order chi connectivity index (χ1) is 14.8. The summed E-state index contributed by atoms with van der Waals surface area (Å²) in [7, 11) is 0. The Hall–Kier alpha value is -4.69. The number of benzene rings is 1. The van der Waals surface area contributed by atoms with Crippen molar-refractivity contribution < 1.29 is 24.0 Å². The monoisotopic (exact) mass is 430 g/mol. The van der Waals surface area contributed by atoms with Gasteiger partial charge in [-0.3, -0.25) is 34.5 Å². The molecule has 3 aromatic rings. The molecule has 0 radical (unpaired) electrons. The van der Waals surface area contributed by atoms with Crippen molar-refractivity contribution in [3.8, 4) is 0 Å². The summed E-state index contributed by atoms with van der Waals surface area (Å²) < 4.78 is 6.06. The molecule has 0 saturated carbocycles. The molecule has 31 heavy (non-hydrogen) atoms. The standard InChI is InChI=1S/C16H14N8O7/c25-14(10-1-3-11(4-2-10)23(27)28)17-5-6-18-15(26)16-20-13(21-31-16)9-22-8-12(7-19-22)24(29)30/h1-4,7-8H,5-6,9H2,(H,17,25)(H,18,26). The summed E-state index contributed by atoms with van der Waals surface area (Å²) in [5, 5.41) is 33.7. The Labute approximate surface area is 172 Å². The van der Waals surface area contributed by atoms with Gasteiger partial charge in [-0.2, -0.15) is 10.1 Å².